The molecule has 2 aromatic rings. The highest BCUT2D eigenvalue weighted by molar-refractivity contribution is 6.34. The van der Waals surface area contributed by atoms with Crippen molar-refractivity contribution in [3.05, 3.63) is 63.2 Å². The minimum Gasteiger partial charge on any atom is -0.279 e. The van der Waals surface area contributed by atoms with Gasteiger partial charge in [0, 0.05) is 18.2 Å². The fourth-order valence-corrected chi connectivity index (χ4v) is 1.93. The first-order chi connectivity index (χ1) is 9.93. The highest BCUT2D eigenvalue weighted by Crippen LogP contribution is 2.35. The fraction of sp³-hybridized carbons (Fsp3) is 0. The average molecular weight is 313 g/mol. The van der Waals surface area contributed by atoms with Gasteiger partial charge in [-0.05, 0) is 18.2 Å². The molecule has 108 valence electrons. The van der Waals surface area contributed by atoms with E-state index in [9.17, 15) is 23.7 Å². The summed E-state index contributed by atoms with van der Waals surface area (Å²) >= 11 is 5.89. The van der Waals surface area contributed by atoms with E-state index in [0.717, 1.165) is 29.2 Å². The van der Waals surface area contributed by atoms with Crippen molar-refractivity contribution in [3.8, 4) is 0 Å². The molecule has 0 atom stereocenters. The molecule has 0 aliphatic rings. The second kappa shape index (κ2) is 5.84. The van der Waals surface area contributed by atoms with Crippen molar-refractivity contribution in [1.29, 1.82) is 0 Å². The van der Waals surface area contributed by atoms with Gasteiger partial charge in [0.2, 0.25) is 6.41 Å². The maximum absolute atomic E-state index is 13.7. The lowest BCUT2D eigenvalue weighted by Gasteiger charge is -2.19. The Hall–Kier alpha value is -2.54. The summed E-state index contributed by atoms with van der Waals surface area (Å²) in [5.74, 6) is -1.81. The summed E-state index contributed by atoms with van der Waals surface area (Å²) in [4.78, 5) is 22.1. The zero-order valence-electron chi connectivity index (χ0n) is 10.3. The van der Waals surface area contributed by atoms with Crippen LogP contribution in [0.1, 0.15) is 0 Å². The van der Waals surface area contributed by atoms with E-state index < -0.39 is 16.6 Å². The quantitative estimate of drug-likeness (QED) is 0.490. The van der Waals surface area contributed by atoms with Crippen molar-refractivity contribution in [2.24, 2.45) is 0 Å². The monoisotopic (exact) mass is 312 g/mol. The molecule has 0 bridgehead atoms. The van der Waals surface area contributed by atoms with Crippen molar-refractivity contribution in [3.63, 3.8) is 0 Å². The van der Waals surface area contributed by atoms with Crippen LogP contribution in [-0.2, 0) is 4.79 Å². The van der Waals surface area contributed by atoms with Gasteiger partial charge in [-0.2, -0.15) is 0 Å². The number of rotatable bonds is 4. The lowest BCUT2D eigenvalue weighted by Crippen LogP contribution is -2.16. The number of amides is 1. The van der Waals surface area contributed by atoms with Crippen molar-refractivity contribution in [2.75, 3.05) is 4.90 Å². The average Bonchev–Trinajstić information content (AvgIpc) is 2.43. The zero-order chi connectivity index (χ0) is 15.6. The molecule has 0 saturated carbocycles. The summed E-state index contributed by atoms with van der Waals surface area (Å²) in [5, 5.41) is 10.8. The number of anilines is 2. The minimum atomic E-state index is -0.996. The van der Waals surface area contributed by atoms with E-state index in [-0.39, 0.29) is 28.5 Å². The van der Waals surface area contributed by atoms with E-state index in [2.05, 4.69) is 0 Å². The Morgan fingerprint density at radius 2 is 1.86 bits per heavy atom. The molecule has 0 saturated heterocycles. The third-order valence-corrected chi connectivity index (χ3v) is 2.99. The maximum Gasteiger partial charge on any atom is 0.271 e. The molecule has 0 N–H and O–H groups in total. The number of hydrogen-bond donors (Lipinski definition) is 0. The first-order valence-electron chi connectivity index (χ1n) is 5.57. The van der Waals surface area contributed by atoms with E-state index >= 15 is 0 Å². The van der Waals surface area contributed by atoms with Gasteiger partial charge in [-0.25, -0.2) is 8.78 Å². The Morgan fingerprint density at radius 1 is 1.14 bits per heavy atom. The number of halogens is 3. The molecule has 1 amide bonds. The summed E-state index contributed by atoms with van der Waals surface area (Å²) in [6.45, 7) is 0. The van der Waals surface area contributed by atoms with Crippen LogP contribution in [0.3, 0.4) is 0 Å². The molecule has 0 unspecified atom stereocenters. The highest BCUT2D eigenvalue weighted by atomic mass is 35.5. The number of nitro groups is 1. The molecule has 0 aliphatic heterocycles. The van der Waals surface area contributed by atoms with Crippen LogP contribution in [0.4, 0.5) is 25.8 Å². The Balaban J connectivity index is 2.58. The van der Waals surface area contributed by atoms with E-state index in [1.54, 1.807) is 0 Å². The molecule has 0 aromatic heterocycles. The highest BCUT2D eigenvalue weighted by Gasteiger charge is 2.19. The molecule has 0 aliphatic carbocycles. The van der Waals surface area contributed by atoms with Crippen LogP contribution >= 0.6 is 11.6 Å². The van der Waals surface area contributed by atoms with E-state index in [1.807, 2.05) is 0 Å². The lowest BCUT2D eigenvalue weighted by atomic mass is 10.2. The number of carbonyl (C=O) groups excluding carboxylic acids is 1. The van der Waals surface area contributed by atoms with Crippen LogP contribution in [-0.4, -0.2) is 11.3 Å². The molecular weight excluding hydrogens is 306 g/mol. The maximum atomic E-state index is 13.7. The number of carbonyl (C=O) groups is 1. The number of non-ortho nitro benzene ring substituents is 1. The van der Waals surface area contributed by atoms with Crippen LogP contribution in [0, 0.1) is 21.7 Å². The fourth-order valence-electron chi connectivity index (χ4n) is 1.72. The molecule has 0 spiro atoms. The number of benzene rings is 2. The van der Waals surface area contributed by atoms with Crippen molar-refractivity contribution < 1.29 is 18.5 Å². The molecule has 2 rings (SSSR count). The molecular formula is C13H7ClF2N2O3. The molecule has 5 nitrogen and oxygen atoms in total. The van der Waals surface area contributed by atoms with Crippen LogP contribution in [0.15, 0.2) is 36.4 Å². The molecule has 2 aromatic carbocycles. The van der Waals surface area contributed by atoms with Gasteiger partial charge in [-0.15, -0.1) is 0 Å². The van der Waals surface area contributed by atoms with Crippen LogP contribution in [0.2, 0.25) is 5.02 Å². The molecule has 0 fully saturated rings. The topological polar surface area (TPSA) is 63.5 Å². The Morgan fingerprint density at radius 3 is 2.43 bits per heavy atom. The zero-order valence-corrected chi connectivity index (χ0v) is 11.1. The third-order valence-electron chi connectivity index (χ3n) is 2.67. The van der Waals surface area contributed by atoms with Crippen LogP contribution in [0.25, 0.3) is 0 Å². The molecule has 0 radical (unpaired) electrons. The largest absolute Gasteiger partial charge is 0.279 e. The summed E-state index contributed by atoms with van der Waals surface area (Å²) < 4.78 is 26.7. The summed E-state index contributed by atoms with van der Waals surface area (Å²) in [6.07, 6.45) is 0.237. The smallest absolute Gasteiger partial charge is 0.271 e. The Bertz CT molecular complexity index is 725. The predicted octanol–water partition coefficient (Wildman–Crippen LogP) is 3.82. The molecule has 0 heterocycles. The Labute approximate surface area is 122 Å². The number of nitrogens with zero attached hydrogens (tertiary/aromatic N) is 2. The first kappa shape index (κ1) is 14.9. The minimum absolute atomic E-state index is 0.0106. The molecule has 21 heavy (non-hydrogen) atoms. The molecule has 8 heteroatoms. The van der Waals surface area contributed by atoms with Gasteiger partial charge in [0.15, 0.2) is 0 Å². The van der Waals surface area contributed by atoms with Crippen LogP contribution in [0.5, 0.6) is 0 Å². The van der Waals surface area contributed by atoms with Gasteiger partial charge < -0.3 is 0 Å². The van der Waals surface area contributed by atoms with Crippen molar-refractivity contribution >= 4 is 35.1 Å². The van der Waals surface area contributed by atoms with Gasteiger partial charge in [-0.3, -0.25) is 19.8 Å². The van der Waals surface area contributed by atoms with E-state index in [4.69, 9.17) is 11.6 Å². The number of nitro benzene ring substituents is 1. The first-order valence-corrected chi connectivity index (χ1v) is 5.95. The normalized spacial score (nSPS) is 10.2. The van der Waals surface area contributed by atoms with Gasteiger partial charge in [0.25, 0.3) is 5.69 Å². The van der Waals surface area contributed by atoms with Crippen molar-refractivity contribution in [1.82, 2.24) is 0 Å². The Kier molecular flexibility index (Phi) is 4.13. The SMILES string of the molecule is O=CN(c1ccc(F)cc1F)c1cc([N+](=O)[O-])ccc1Cl. The van der Waals surface area contributed by atoms with Gasteiger partial charge in [0.1, 0.15) is 11.6 Å². The summed E-state index contributed by atoms with van der Waals surface area (Å²) in [5.41, 5.74) is -0.663. The predicted molar refractivity (Wildman–Crippen MR) is 72.7 cm³/mol. The van der Waals surface area contributed by atoms with Crippen LogP contribution < -0.4 is 4.90 Å². The lowest BCUT2D eigenvalue weighted by molar-refractivity contribution is -0.384. The second-order valence-electron chi connectivity index (χ2n) is 3.96. The third kappa shape index (κ3) is 2.97. The van der Waals surface area contributed by atoms with E-state index in [1.165, 1.54) is 6.07 Å². The number of hydrogen-bond acceptors (Lipinski definition) is 3. The summed E-state index contributed by atoms with van der Waals surface area (Å²) in [7, 11) is 0. The van der Waals surface area contributed by atoms with Crippen molar-refractivity contribution in [2.45, 2.75) is 0 Å². The van der Waals surface area contributed by atoms with Gasteiger partial charge in [-0.1, -0.05) is 11.6 Å². The van der Waals surface area contributed by atoms with Gasteiger partial charge >= 0.3 is 0 Å². The van der Waals surface area contributed by atoms with E-state index in [0.29, 0.717) is 6.07 Å². The standard InChI is InChI=1S/C13H7ClF2N2O3/c14-10-3-2-9(18(20)21)6-13(10)17(7-19)12-4-1-8(15)5-11(12)16/h1-7H. The van der Waals surface area contributed by atoms with Gasteiger partial charge in [0.05, 0.1) is 21.3 Å². The summed E-state index contributed by atoms with van der Waals surface area (Å²) in [6, 6.07) is 5.98. The second-order valence-corrected chi connectivity index (χ2v) is 4.37.